The minimum absolute atomic E-state index is 0.191. The maximum absolute atomic E-state index is 12.3. The van der Waals surface area contributed by atoms with Crippen LogP contribution in [0.25, 0.3) is 0 Å². The molecule has 120 valence electrons. The quantitative estimate of drug-likeness (QED) is 0.808. The number of ether oxygens (including phenoxy) is 2. The monoisotopic (exact) mass is 314 g/mol. The first-order chi connectivity index (χ1) is 10.4. The van der Waals surface area contributed by atoms with Crippen LogP contribution < -0.4 is 4.74 Å². The van der Waals surface area contributed by atoms with Gasteiger partial charge in [0, 0.05) is 18.8 Å². The summed E-state index contributed by atoms with van der Waals surface area (Å²) in [6.45, 7) is 1.39. The first-order valence-electron chi connectivity index (χ1n) is 6.83. The number of allylic oxidation sites excluding steroid dienone is 2. The molecule has 0 spiro atoms. The van der Waals surface area contributed by atoms with E-state index in [1.165, 1.54) is 6.08 Å². The molecule has 0 aromatic carbocycles. The third-order valence-corrected chi connectivity index (χ3v) is 2.83. The number of nitrogens with zero attached hydrogens (tertiary/aromatic N) is 2. The van der Waals surface area contributed by atoms with E-state index in [1.807, 2.05) is 13.0 Å². The molecule has 2 heterocycles. The van der Waals surface area contributed by atoms with Gasteiger partial charge in [0.1, 0.15) is 6.10 Å². The zero-order valence-electron chi connectivity index (χ0n) is 12.1. The van der Waals surface area contributed by atoms with E-state index in [-0.39, 0.29) is 12.0 Å². The van der Waals surface area contributed by atoms with Gasteiger partial charge < -0.3 is 14.4 Å². The van der Waals surface area contributed by atoms with Crippen LogP contribution in [0.1, 0.15) is 6.92 Å². The molecule has 4 nitrogen and oxygen atoms in total. The maximum atomic E-state index is 12.3. The Morgan fingerprint density at radius 3 is 2.86 bits per heavy atom. The van der Waals surface area contributed by atoms with Crippen molar-refractivity contribution in [2.75, 3.05) is 19.7 Å². The Hall–Kier alpha value is -2.18. The largest absolute Gasteiger partial charge is 0.473 e. The van der Waals surface area contributed by atoms with Crippen molar-refractivity contribution in [3.63, 3.8) is 0 Å². The van der Waals surface area contributed by atoms with E-state index in [1.54, 1.807) is 35.4 Å². The van der Waals surface area contributed by atoms with Crippen LogP contribution >= 0.6 is 0 Å². The molecule has 1 aromatic rings. The van der Waals surface area contributed by atoms with Crippen LogP contribution in [0.3, 0.4) is 0 Å². The number of aromatic nitrogens is 1. The molecule has 1 atom stereocenters. The van der Waals surface area contributed by atoms with Gasteiger partial charge in [0.25, 0.3) is 0 Å². The Bertz CT molecular complexity index is 529. The molecule has 0 bridgehead atoms. The summed E-state index contributed by atoms with van der Waals surface area (Å²) in [6.07, 6.45) is 2.04. The molecule has 1 aliphatic heterocycles. The number of alkyl halides is 3. The van der Waals surface area contributed by atoms with Crippen molar-refractivity contribution < 1.29 is 22.6 Å². The lowest BCUT2D eigenvalue weighted by Gasteiger charge is -2.30. The summed E-state index contributed by atoms with van der Waals surface area (Å²) in [4.78, 5) is 5.74. The number of hydrogen-bond acceptors (Lipinski definition) is 4. The van der Waals surface area contributed by atoms with Crippen molar-refractivity contribution in [3.8, 4) is 5.88 Å². The SMILES string of the molecule is CC(CN1CC=CC=C1OCC(F)(F)F)Oc1ccccn1. The molecule has 0 fully saturated rings. The number of rotatable bonds is 6. The van der Waals surface area contributed by atoms with Crippen molar-refractivity contribution >= 4 is 0 Å². The van der Waals surface area contributed by atoms with E-state index in [2.05, 4.69) is 4.98 Å². The summed E-state index contributed by atoms with van der Waals surface area (Å²) in [5, 5.41) is 0. The van der Waals surface area contributed by atoms with Gasteiger partial charge in [-0.1, -0.05) is 18.2 Å². The summed E-state index contributed by atoms with van der Waals surface area (Å²) >= 11 is 0. The van der Waals surface area contributed by atoms with Crippen molar-refractivity contribution in [2.24, 2.45) is 0 Å². The lowest BCUT2D eigenvalue weighted by molar-refractivity contribution is -0.170. The predicted octanol–water partition coefficient (Wildman–Crippen LogP) is 3.14. The minimum atomic E-state index is -4.36. The highest BCUT2D eigenvalue weighted by Crippen LogP contribution is 2.20. The van der Waals surface area contributed by atoms with Gasteiger partial charge in [0.2, 0.25) is 5.88 Å². The molecule has 0 N–H and O–H groups in total. The predicted molar refractivity (Wildman–Crippen MR) is 75.1 cm³/mol. The van der Waals surface area contributed by atoms with E-state index in [0.717, 1.165) is 0 Å². The standard InChI is InChI=1S/C15H17F3N2O2/c1-12(22-13-6-2-4-8-19-13)10-20-9-5-3-7-14(20)21-11-15(16,17)18/h2-8,12H,9-11H2,1H3. The Morgan fingerprint density at radius 2 is 2.18 bits per heavy atom. The fraction of sp³-hybridized carbons (Fsp3) is 0.400. The van der Waals surface area contributed by atoms with Crippen LogP contribution in [0.4, 0.5) is 13.2 Å². The zero-order valence-corrected chi connectivity index (χ0v) is 12.1. The van der Waals surface area contributed by atoms with Crippen LogP contribution in [-0.2, 0) is 4.74 Å². The molecule has 0 radical (unpaired) electrons. The van der Waals surface area contributed by atoms with Gasteiger partial charge in [-0.3, -0.25) is 0 Å². The molecule has 0 saturated heterocycles. The van der Waals surface area contributed by atoms with Crippen molar-refractivity contribution in [1.29, 1.82) is 0 Å². The average Bonchev–Trinajstić information content (AvgIpc) is 2.46. The van der Waals surface area contributed by atoms with Gasteiger partial charge in [0.05, 0.1) is 6.54 Å². The fourth-order valence-electron chi connectivity index (χ4n) is 1.96. The first-order valence-corrected chi connectivity index (χ1v) is 6.83. The average molecular weight is 314 g/mol. The van der Waals surface area contributed by atoms with Gasteiger partial charge in [-0.2, -0.15) is 13.2 Å². The summed E-state index contributed by atoms with van der Waals surface area (Å²) in [7, 11) is 0. The van der Waals surface area contributed by atoms with Gasteiger partial charge in [0.15, 0.2) is 12.5 Å². The van der Waals surface area contributed by atoms with Crippen molar-refractivity contribution in [1.82, 2.24) is 9.88 Å². The Labute approximate surface area is 126 Å². The Kier molecular flexibility index (Phi) is 5.30. The number of hydrogen-bond donors (Lipinski definition) is 0. The molecule has 1 aliphatic rings. The minimum Gasteiger partial charge on any atom is -0.473 e. The molecular formula is C15H17F3N2O2. The highest BCUT2D eigenvalue weighted by Gasteiger charge is 2.30. The summed E-state index contributed by atoms with van der Waals surface area (Å²) < 4.78 is 47.3. The van der Waals surface area contributed by atoms with E-state index >= 15 is 0 Å². The highest BCUT2D eigenvalue weighted by molar-refractivity contribution is 5.14. The smallest absolute Gasteiger partial charge is 0.422 e. The molecule has 22 heavy (non-hydrogen) atoms. The molecule has 0 amide bonds. The molecule has 0 saturated carbocycles. The van der Waals surface area contributed by atoms with E-state index in [0.29, 0.717) is 19.0 Å². The van der Waals surface area contributed by atoms with Crippen LogP contribution in [-0.4, -0.2) is 41.9 Å². The van der Waals surface area contributed by atoms with Gasteiger partial charge in [-0.25, -0.2) is 4.98 Å². The van der Waals surface area contributed by atoms with Gasteiger partial charge in [-0.15, -0.1) is 0 Å². The van der Waals surface area contributed by atoms with Gasteiger partial charge >= 0.3 is 6.18 Å². The van der Waals surface area contributed by atoms with Crippen LogP contribution in [0, 0.1) is 0 Å². The summed E-state index contributed by atoms with van der Waals surface area (Å²) in [5.74, 6) is 0.667. The third-order valence-electron chi connectivity index (χ3n) is 2.83. The first kappa shape index (κ1) is 16.2. The molecule has 1 aromatic heterocycles. The number of halogens is 3. The zero-order chi connectivity index (χ0) is 16.0. The molecule has 1 unspecified atom stereocenters. The third kappa shape index (κ3) is 5.31. The Morgan fingerprint density at radius 1 is 1.36 bits per heavy atom. The second-order valence-electron chi connectivity index (χ2n) is 4.84. The normalized spacial score (nSPS) is 16.2. The van der Waals surface area contributed by atoms with E-state index < -0.39 is 12.8 Å². The van der Waals surface area contributed by atoms with Crippen molar-refractivity contribution in [3.05, 3.63) is 48.5 Å². The molecular weight excluding hydrogens is 297 g/mol. The van der Waals surface area contributed by atoms with E-state index in [9.17, 15) is 13.2 Å². The van der Waals surface area contributed by atoms with Crippen LogP contribution in [0.2, 0.25) is 0 Å². The van der Waals surface area contributed by atoms with Crippen LogP contribution in [0.15, 0.2) is 48.5 Å². The molecule has 0 aliphatic carbocycles. The summed E-state index contributed by atoms with van der Waals surface area (Å²) in [5.41, 5.74) is 0. The van der Waals surface area contributed by atoms with Crippen LogP contribution in [0.5, 0.6) is 5.88 Å². The second-order valence-corrected chi connectivity index (χ2v) is 4.84. The second kappa shape index (κ2) is 7.20. The lowest BCUT2D eigenvalue weighted by Crippen LogP contribution is -2.36. The molecule has 2 rings (SSSR count). The fourth-order valence-corrected chi connectivity index (χ4v) is 1.96. The van der Waals surface area contributed by atoms with Crippen molar-refractivity contribution in [2.45, 2.75) is 19.2 Å². The molecule has 7 heteroatoms. The summed E-state index contributed by atoms with van der Waals surface area (Å²) in [6, 6.07) is 5.30. The maximum Gasteiger partial charge on any atom is 0.422 e. The van der Waals surface area contributed by atoms with E-state index in [4.69, 9.17) is 9.47 Å². The highest BCUT2D eigenvalue weighted by atomic mass is 19.4. The topological polar surface area (TPSA) is 34.6 Å². The number of pyridine rings is 1. The lowest BCUT2D eigenvalue weighted by atomic mass is 10.3. The Balaban J connectivity index is 1.89. The van der Waals surface area contributed by atoms with Gasteiger partial charge in [-0.05, 0) is 19.1 Å².